The molecule has 1 unspecified atom stereocenters. The Morgan fingerprint density at radius 1 is 1.00 bits per heavy atom. The number of nitrogens with one attached hydrogen (secondary N) is 2. The number of aromatic nitrogens is 1. The molecule has 3 aromatic rings. The molecule has 60 heavy (non-hydrogen) atoms. The topological polar surface area (TPSA) is 168 Å². The molecule has 5 heterocycles. The number of hydrogen-bond donors (Lipinski definition) is 2. The summed E-state index contributed by atoms with van der Waals surface area (Å²) in [6, 6.07) is 9.81. The van der Waals surface area contributed by atoms with E-state index < -0.39 is 102 Å². The Hall–Kier alpha value is -5.59. The Morgan fingerprint density at radius 2 is 1.72 bits per heavy atom. The first-order valence-electron chi connectivity index (χ1n) is 23.6. The van der Waals surface area contributed by atoms with E-state index in [4.69, 9.17) is 27.3 Å². The van der Waals surface area contributed by atoms with Gasteiger partial charge in [0.1, 0.15) is 35.6 Å². The zero-order chi connectivity index (χ0) is 49.8. The largest absolute Gasteiger partial charge is 0.489 e. The first kappa shape index (κ1) is 32.2. The van der Waals surface area contributed by atoms with Crippen molar-refractivity contribution in [3.63, 3.8) is 0 Å². The summed E-state index contributed by atoms with van der Waals surface area (Å²) in [6.07, 6.45) is 1.41. The van der Waals surface area contributed by atoms with Crippen molar-refractivity contribution in [2.45, 2.75) is 71.6 Å². The highest BCUT2D eigenvalue weighted by Crippen LogP contribution is 2.55. The maximum absolute atomic E-state index is 15.9. The van der Waals surface area contributed by atoms with Crippen molar-refractivity contribution in [3.8, 4) is 11.8 Å². The molecule has 5 aliphatic rings. The van der Waals surface area contributed by atoms with E-state index in [1.807, 2.05) is 44.0 Å². The third kappa shape index (κ3) is 7.44. The minimum absolute atomic E-state index is 0.111. The number of pyridine rings is 1. The van der Waals surface area contributed by atoms with Gasteiger partial charge in [0.25, 0.3) is 17.7 Å². The zero-order valence-corrected chi connectivity index (χ0v) is 34.0. The van der Waals surface area contributed by atoms with Gasteiger partial charge >= 0.3 is 0 Å². The van der Waals surface area contributed by atoms with Crippen LogP contribution in [0.2, 0.25) is 5.02 Å². The number of carbonyl (C=O) groups excluding carboxylic acids is 5. The number of rotatable bonds is 9. The fourth-order valence-electron chi connectivity index (χ4n) is 9.28. The van der Waals surface area contributed by atoms with Crippen molar-refractivity contribution in [1.29, 1.82) is 5.26 Å². The number of benzene rings is 2. The maximum Gasteiger partial charge on any atom is 0.265 e. The molecule has 8 rings (SSSR count). The number of amides is 5. The van der Waals surface area contributed by atoms with Gasteiger partial charge in [-0.25, -0.2) is 9.37 Å². The minimum atomic E-state index is -3.42. The number of ether oxygens (including phenoxy) is 1. The number of piperidine rings is 2. The van der Waals surface area contributed by atoms with Crippen molar-refractivity contribution < 1.29 is 44.1 Å². The number of nitrogens with zero attached hydrogens (tertiary/aromatic N) is 6. The summed E-state index contributed by atoms with van der Waals surface area (Å²) in [5.74, 6) is -5.12. The number of anilines is 2. The van der Waals surface area contributed by atoms with E-state index in [9.17, 15) is 29.2 Å². The van der Waals surface area contributed by atoms with Crippen LogP contribution in [0, 0.1) is 33.9 Å². The number of hydrogen-bond acceptors (Lipinski definition) is 11. The predicted octanol–water partition coefficient (Wildman–Crippen LogP) is 4.80. The number of imide groups is 2. The fraction of sp³-hybridized carbons (Fsp3) is 0.477. The van der Waals surface area contributed by atoms with Crippen LogP contribution in [0.3, 0.4) is 0 Å². The number of fused-ring (bicyclic) bond motifs is 1. The Bertz CT molecular complexity index is 2640. The molecule has 0 spiro atoms. The highest BCUT2D eigenvalue weighted by Gasteiger charge is 2.64. The van der Waals surface area contributed by atoms with E-state index in [-0.39, 0.29) is 40.8 Å². The van der Waals surface area contributed by atoms with Gasteiger partial charge in [-0.3, -0.25) is 39.1 Å². The third-order valence-electron chi connectivity index (χ3n) is 12.1. The highest BCUT2D eigenvalue weighted by molar-refractivity contribution is 6.31. The molecule has 16 heteroatoms. The van der Waals surface area contributed by atoms with E-state index in [1.165, 1.54) is 6.20 Å². The highest BCUT2D eigenvalue weighted by atomic mass is 35.5. The average Bonchev–Trinajstić information content (AvgIpc) is 3.51. The maximum atomic E-state index is 15.9. The molecule has 3 saturated heterocycles. The minimum Gasteiger partial charge on any atom is -0.489 e. The van der Waals surface area contributed by atoms with E-state index in [1.54, 1.807) is 30.3 Å². The predicted molar refractivity (Wildman–Crippen MR) is 220 cm³/mol. The van der Waals surface area contributed by atoms with Gasteiger partial charge in [-0.05, 0) is 61.6 Å². The lowest BCUT2D eigenvalue weighted by atomic mass is 9.49. The van der Waals surface area contributed by atoms with Gasteiger partial charge in [-0.2, -0.15) is 5.26 Å². The lowest BCUT2D eigenvalue weighted by Gasteiger charge is -2.63. The number of halogens is 2. The number of carbonyl (C=O) groups is 5. The molecule has 2 aromatic carbocycles. The van der Waals surface area contributed by atoms with Crippen LogP contribution in [-0.4, -0.2) is 108 Å². The van der Waals surface area contributed by atoms with Crippen LogP contribution in [0.4, 0.5) is 15.9 Å². The van der Waals surface area contributed by atoms with Crippen LogP contribution >= 0.6 is 11.6 Å². The van der Waals surface area contributed by atoms with Crippen LogP contribution in [0.1, 0.15) is 101 Å². The second-order valence-corrected chi connectivity index (χ2v) is 17.2. The molecule has 0 bridgehead atoms. The van der Waals surface area contributed by atoms with Crippen LogP contribution in [0.5, 0.6) is 5.75 Å². The van der Waals surface area contributed by atoms with Crippen LogP contribution in [-0.2, 0) is 9.59 Å². The number of nitriles is 1. The summed E-state index contributed by atoms with van der Waals surface area (Å²) in [5.41, 5.74) is -2.55. The van der Waals surface area contributed by atoms with Crippen molar-refractivity contribution in [2.75, 3.05) is 55.4 Å². The summed E-state index contributed by atoms with van der Waals surface area (Å²) < 4.78 is 94.2. The summed E-state index contributed by atoms with van der Waals surface area (Å²) in [5, 5.41) is 14.7. The molecule has 0 radical (unpaired) electrons. The zero-order valence-electron chi connectivity index (χ0n) is 41.3. The Morgan fingerprint density at radius 3 is 2.35 bits per heavy atom. The molecule has 5 amide bonds. The molecule has 1 aromatic heterocycles. The van der Waals surface area contributed by atoms with Gasteiger partial charge in [0.05, 0.1) is 32.8 Å². The molecular weight excluding hydrogens is 791 g/mol. The van der Waals surface area contributed by atoms with Crippen molar-refractivity contribution in [1.82, 2.24) is 25.4 Å². The lowest BCUT2D eigenvalue weighted by Crippen LogP contribution is -2.74. The van der Waals surface area contributed by atoms with Crippen molar-refractivity contribution in [2.24, 2.45) is 16.7 Å². The molecular formula is C44H48ClFN8O6. The summed E-state index contributed by atoms with van der Waals surface area (Å²) >= 11 is 6.23. The lowest BCUT2D eigenvalue weighted by molar-refractivity contribution is -0.164. The summed E-state index contributed by atoms with van der Waals surface area (Å²) in [4.78, 5) is 72.2. The Balaban J connectivity index is 0.918. The molecule has 1 saturated carbocycles. The molecule has 4 fully saturated rings. The third-order valence-corrected chi connectivity index (χ3v) is 12.5. The van der Waals surface area contributed by atoms with E-state index in [0.717, 1.165) is 6.07 Å². The molecule has 4 aliphatic heterocycles. The number of piperazine rings is 1. The second-order valence-electron chi connectivity index (χ2n) is 16.8. The van der Waals surface area contributed by atoms with E-state index in [0.29, 0.717) is 64.5 Å². The monoisotopic (exact) mass is 846 g/mol. The van der Waals surface area contributed by atoms with Gasteiger partial charge in [-0.15, -0.1) is 0 Å². The average molecular weight is 847 g/mol. The van der Waals surface area contributed by atoms with Crippen LogP contribution in [0.25, 0.3) is 0 Å². The van der Waals surface area contributed by atoms with Crippen LogP contribution < -0.4 is 25.2 Å². The molecule has 314 valence electrons. The Kier molecular flexibility index (Phi) is 8.47. The molecule has 14 nitrogen and oxygen atoms in total. The SMILES string of the molecule is [2H]C1([2H])N(CC2CCN(c3ccc(C(=O)NC4C(C)(C)C(Oc5ccc(C#N)c(Cl)c5)C4(C)C)cn3)CC2)C([2H])([2H])C([2H])([2H])N(c2cc(F)c3c(c2)C(=O)N(C2CCC(=O)NC2=O)C3=O)C1([2H])[2H]. The first-order chi connectivity index (χ1) is 31.6. The second kappa shape index (κ2) is 15.8. The summed E-state index contributed by atoms with van der Waals surface area (Å²) in [6.45, 7) is -5.11. The van der Waals surface area contributed by atoms with Gasteiger partial charge in [0, 0.05) is 92.3 Å². The smallest absolute Gasteiger partial charge is 0.265 e. The molecule has 1 aliphatic carbocycles. The normalized spacial score (nSPS) is 29.4. The summed E-state index contributed by atoms with van der Waals surface area (Å²) in [7, 11) is 0. The van der Waals surface area contributed by atoms with Gasteiger partial charge in [0.15, 0.2) is 0 Å². The van der Waals surface area contributed by atoms with Crippen molar-refractivity contribution in [3.05, 3.63) is 81.8 Å². The molecule has 2 N–H and O–H groups in total. The first-order valence-corrected chi connectivity index (χ1v) is 20.0. The quantitative estimate of drug-likeness (QED) is 0.284. The van der Waals surface area contributed by atoms with E-state index >= 15 is 4.39 Å². The standard InChI is InChI=1S/C44H48ClFN8O6/c1-43(2)41(44(3,4)42(43)60-29-7-5-26(22-47)31(45)21-29)50-37(56)27-6-9-34(48-23-27)53-13-11-25(12-14-53)24-51-15-17-52(18-16-51)28-19-30-36(32(46)20-28)40(59)54(39(30)58)33-8-10-35(55)49-38(33)57/h5-7,9,19-21,23,25,33,41-42H,8,10-18,24H2,1-4H3,(H,50,56)(H,49,55,57)/i15D2,16D2,17D2,18D2. The van der Waals surface area contributed by atoms with Crippen molar-refractivity contribution >= 4 is 52.6 Å². The van der Waals surface area contributed by atoms with Gasteiger partial charge in [-0.1, -0.05) is 39.3 Å². The van der Waals surface area contributed by atoms with Gasteiger partial charge < -0.3 is 19.9 Å². The van der Waals surface area contributed by atoms with Gasteiger partial charge in [0.2, 0.25) is 11.8 Å². The fourth-order valence-corrected chi connectivity index (χ4v) is 9.49. The van der Waals surface area contributed by atoms with E-state index in [2.05, 4.69) is 10.3 Å². The van der Waals surface area contributed by atoms with Crippen LogP contribution in [0.15, 0.2) is 48.7 Å². The molecule has 1 atom stereocenters. The Labute approximate surface area is 364 Å².